The number of nitrogens with zero attached hydrogens (tertiary/aromatic N) is 2. The number of ether oxygens (including phenoxy) is 2. The van der Waals surface area contributed by atoms with Crippen molar-refractivity contribution in [2.45, 2.75) is 38.8 Å². The van der Waals surface area contributed by atoms with Crippen molar-refractivity contribution in [3.63, 3.8) is 0 Å². The van der Waals surface area contributed by atoms with E-state index in [1.807, 2.05) is 49.1 Å². The van der Waals surface area contributed by atoms with E-state index in [1.54, 1.807) is 37.3 Å². The Morgan fingerprint density at radius 3 is 2.44 bits per heavy atom. The SMILES string of the molecule is CO[C@H]1CN(C)C(=O)c2cc(NC(=O)C3CC3)ccc2OC[C@H](C)N(C(=O)c2ccccc2)C[C@@H]1C. The van der Waals surface area contributed by atoms with Gasteiger partial charge in [0.15, 0.2) is 0 Å². The maximum absolute atomic E-state index is 13.5. The molecule has 1 saturated carbocycles. The van der Waals surface area contributed by atoms with Gasteiger partial charge in [0.2, 0.25) is 5.91 Å². The number of likely N-dealkylation sites (N-methyl/N-ethyl adjacent to an activating group) is 1. The Bertz CT molecular complexity index is 1100. The monoisotopic (exact) mass is 493 g/mol. The lowest BCUT2D eigenvalue weighted by Gasteiger charge is -2.36. The normalized spacial score (nSPS) is 23.1. The fourth-order valence-corrected chi connectivity index (χ4v) is 4.47. The molecule has 0 aromatic heterocycles. The average molecular weight is 494 g/mol. The van der Waals surface area contributed by atoms with Crippen LogP contribution in [-0.2, 0) is 9.53 Å². The third kappa shape index (κ3) is 5.87. The second-order valence-electron chi connectivity index (χ2n) is 9.90. The lowest BCUT2D eigenvalue weighted by atomic mass is 10.0. The van der Waals surface area contributed by atoms with Crippen molar-refractivity contribution in [1.82, 2.24) is 9.80 Å². The maximum atomic E-state index is 13.5. The number of anilines is 1. The van der Waals surface area contributed by atoms with Crippen LogP contribution in [0.4, 0.5) is 5.69 Å². The van der Waals surface area contributed by atoms with E-state index in [0.29, 0.717) is 35.7 Å². The van der Waals surface area contributed by atoms with E-state index in [2.05, 4.69) is 5.32 Å². The van der Waals surface area contributed by atoms with Gasteiger partial charge < -0.3 is 24.6 Å². The van der Waals surface area contributed by atoms with Crippen LogP contribution in [0.5, 0.6) is 5.75 Å². The molecule has 2 aliphatic rings. The Balaban J connectivity index is 1.65. The van der Waals surface area contributed by atoms with E-state index in [-0.39, 0.29) is 48.3 Å². The summed E-state index contributed by atoms with van der Waals surface area (Å²) in [5.41, 5.74) is 1.54. The standard InChI is InChI=1S/C28H35N3O5/c1-18-15-31(27(33)21-8-6-5-7-9-21)19(2)17-36-24-13-12-22(29-26(32)20-10-11-20)14-23(24)28(34)30(3)16-25(18)35-4/h5-9,12-14,18-20,25H,10-11,15-17H2,1-4H3,(H,29,32)/t18-,19-,25-/m0/s1. The summed E-state index contributed by atoms with van der Waals surface area (Å²) in [5.74, 6) is 0.113. The molecule has 1 heterocycles. The van der Waals surface area contributed by atoms with Crippen molar-refractivity contribution in [2.75, 3.05) is 39.2 Å². The lowest BCUT2D eigenvalue weighted by molar-refractivity contribution is -0.117. The highest BCUT2D eigenvalue weighted by molar-refractivity contribution is 6.00. The summed E-state index contributed by atoms with van der Waals surface area (Å²) in [6, 6.07) is 14.1. The molecular weight excluding hydrogens is 458 g/mol. The first-order valence-electron chi connectivity index (χ1n) is 12.5. The first-order valence-corrected chi connectivity index (χ1v) is 12.5. The van der Waals surface area contributed by atoms with Crippen LogP contribution < -0.4 is 10.1 Å². The quantitative estimate of drug-likeness (QED) is 0.702. The molecule has 0 radical (unpaired) electrons. The van der Waals surface area contributed by atoms with E-state index in [1.165, 1.54) is 0 Å². The smallest absolute Gasteiger partial charge is 0.257 e. The van der Waals surface area contributed by atoms with Gasteiger partial charge in [0.25, 0.3) is 11.8 Å². The van der Waals surface area contributed by atoms with Gasteiger partial charge in [-0.3, -0.25) is 14.4 Å². The second kappa shape index (κ2) is 11.1. The molecule has 36 heavy (non-hydrogen) atoms. The molecule has 1 aliphatic heterocycles. The highest BCUT2D eigenvalue weighted by atomic mass is 16.5. The molecule has 4 rings (SSSR count). The van der Waals surface area contributed by atoms with Gasteiger partial charge >= 0.3 is 0 Å². The number of nitrogens with one attached hydrogen (secondary N) is 1. The summed E-state index contributed by atoms with van der Waals surface area (Å²) >= 11 is 0. The summed E-state index contributed by atoms with van der Waals surface area (Å²) in [5, 5.41) is 2.91. The molecule has 8 heteroatoms. The number of benzene rings is 2. The molecule has 192 valence electrons. The van der Waals surface area contributed by atoms with Gasteiger partial charge in [0, 0.05) is 50.3 Å². The summed E-state index contributed by atoms with van der Waals surface area (Å²) in [6.45, 7) is 4.98. The molecule has 1 N–H and O–H groups in total. The Kier molecular flexibility index (Phi) is 7.94. The molecule has 0 saturated heterocycles. The van der Waals surface area contributed by atoms with Gasteiger partial charge in [-0.2, -0.15) is 0 Å². The van der Waals surface area contributed by atoms with Gasteiger partial charge in [-0.15, -0.1) is 0 Å². The molecule has 1 fully saturated rings. The number of rotatable bonds is 4. The topological polar surface area (TPSA) is 88.2 Å². The number of fused-ring (bicyclic) bond motifs is 1. The zero-order valence-electron chi connectivity index (χ0n) is 21.4. The van der Waals surface area contributed by atoms with E-state index in [0.717, 1.165) is 12.8 Å². The van der Waals surface area contributed by atoms with Crippen LogP contribution in [0.1, 0.15) is 47.4 Å². The lowest BCUT2D eigenvalue weighted by Crippen LogP contribution is -2.48. The highest BCUT2D eigenvalue weighted by Gasteiger charge is 2.32. The van der Waals surface area contributed by atoms with Crippen LogP contribution >= 0.6 is 0 Å². The van der Waals surface area contributed by atoms with E-state index in [4.69, 9.17) is 9.47 Å². The Morgan fingerprint density at radius 1 is 1.06 bits per heavy atom. The van der Waals surface area contributed by atoms with Crippen LogP contribution in [0.25, 0.3) is 0 Å². The number of carbonyl (C=O) groups excluding carboxylic acids is 3. The molecule has 3 amide bonds. The molecule has 2 aromatic carbocycles. The van der Waals surface area contributed by atoms with E-state index >= 15 is 0 Å². The second-order valence-corrected chi connectivity index (χ2v) is 9.90. The predicted molar refractivity (Wildman–Crippen MR) is 137 cm³/mol. The third-order valence-corrected chi connectivity index (χ3v) is 6.94. The van der Waals surface area contributed by atoms with Gasteiger partial charge in [-0.25, -0.2) is 0 Å². The predicted octanol–water partition coefficient (Wildman–Crippen LogP) is 3.68. The zero-order valence-corrected chi connectivity index (χ0v) is 21.4. The molecule has 8 nitrogen and oxygen atoms in total. The minimum absolute atomic E-state index is 0.0261. The fourth-order valence-electron chi connectivity index (χ4n) is 4.47. The summed E-state index contributed by atoms with van der Waals surface area (Å²) in [6.07, 6.45) is 1.52. The first kappa shape index (κ1) is 25.7. The molecule has 0 spiro atoms. The Hall–Kier alpha value is -3.39. The van der Waals surface area contributed by atoms with E-state index < -0.39 is 0 Å². The van der Waals surface area contributed by atoms with Crippen molar-refractivity contribution in [1.29, 1.82) is 0 Å². The minimum Gasteiger partial charge on any atom is -0.491 e. The third-order valence-electron chi connectivity index (χ3n) is 6.94. The van der Waals surface area contributed by atoms with Gasteiger partial charge in [-0.05, 0) is 50.1 Å². The van der Waals surface area contributed by atoms with Crippen molar-refractivity contribution >= 4 is 23.4 Å². The minimum atomic E-state index is -0.279. The zero-order chi connectivity index (χ0) is 25.8. The number of methoxy groups -OCH3 is 1. The Morgan fingerprint density at radius 2 is 1.78 bits per heavy atom. The van der Waals surface area contributed by atoms with Crippen LogP contribution in [0.15, 0.2) is 48.5 Å². The number of hydrogen-bond donors (Lipinski definition) is 1. The van der Waals surface area contributed by atoms with Crippen LogP contribution in [0, 0.1) is 11.8 Å². The number of carbonyl (C=O) groups is 3. The van der Waals surface area contributed by atoms with Gasteiger partial charge in [0.05, 0.1) is 17.7 Å². The van der Waals surface area contributed by atoms with Crippen molar-refractivity contribution in [3.8, 4) is 5.75 Å². The molecule has 2 aromatic rings. The summed E-state index contributed by atoms with van der Waals surface area (Å²) in [4.78, 5) is 42.6. The van der Waals surface area contributed by atoms with Crippen LogP contribution in [0.3, 0.4) is 0 Å². The largest absolute Gasteiger partial charge is 0.491 e. The molecule has 3 atom stereocenters. The van der Waals surface area contributed by atoms with E-state index in [9.17, 15) is 14.4 Å². The van der Waals surface area contributed by atoms with Gasteiger partial charge in [0.1, 0.15) is 12.4 Å². The Labute approximate surface area is 212 Å². The fraction of sp³-hybridized carbons (Fsp3) is 0.464. The number of hydrogen-bond acceptors (Lipinski definition) is 5. The van der Waals surface area contributed by atoms with Crippen LogP contribution in [0.2, 0.25) is 0 Å². The van der Waals surface area contributed by atoms with Crippen LogP contribution in [-0.4, -0.2) is 73.5 Å². The van der Waals surface area contributed by atoms with Crippen molar-refractivity contribution < 1.29 is 23.9 Å². The van der Waals surface area contributed by atoms with Gasteiger partial charge in [-0.1, -0.05) is 25.1 Å². The number of amides is 3. The molecular formula is C28H35N3O5. The maximum Gasteiger partial charge on any atom is 0.257 e. The summed E-state index contributed by atoms with van der Waals surface area (Å²) < 4.78 is 11.9. The molecule has 0 unspecified atom stereocenters. The molecule has 0 bridgehead atoms. The summed E-state index contributed by atoms with van der Waals surface area (Å²) in [7, 11) is 3.35. The first-order chi connectivity index (χ1) is 17.3. The van der Waals surface area contributed by atoms with Crippen molar-refractivity contribution in [3.05, 3.63) is 59.7 Å². The average Bonchev–Trinajstić information content (AvgIpc) is 3.74. The highest BCUT2D eigenvalue weighted by Crippen LogP contribution is 2.31. The molecule has 1 aliphatic carbocycles. The van der Waals surface area contributed by atoms with Crippen molar-refractivity contribution in [2.24, 2.45) is 11.8 Å².